The second-order valence-electron chi connectivity index (χ2n) is 5.52. The number of aromatic amines is 1. The Balaban J connectivity index is 1.77. The van der Waals surface area contributed by atoms with Crippen molar-refractivity contribution < 1.29 is 9.53 Å². The molecule has 134 valence electrons. The van der Waals surface area contributed by atoms with Crippen molar-refractivity contribution >= 4 is 34.8 Å². The maximum Gasteiger partial charge on any atom is 0.256 e. The van der Waals surface area contributed by atoms with Gasteiger partial charge in [0.1, 0.15) is 17.1 Å². The van der Waals surface area contributed by atoms with Gasteiger partial charge in [-0.3, -0.25) is 9.89 Å². The van der Waals surface area contributed by atoms with Crippen LogP contribution in [0.2, 0.25) is 5.02 Å². The summed E-state index contributed by atoms with van der Waals surface area (Å²) in [6.45, 7) is 0.478. The molecule has 26 heavy (non-hydrogen) atoms. The van der Waals surface area contributed by atoms with Crippen molar-refractivity contribution in [3.8, 4) is 5.75 Å². The van der Waals surface area contributed by atoms with Crippen molar-refractivity contribution in [3.63, 3.8) is 0 Å². The molecule has 7 nitrogen and oxygen atoms in total. The van der Waals surface area contributed by atoms with Gasteiger partial charge in [0.25, 0.3) is 5.91 Å². The molecule has 1 aromatic heterocycles. The standard InChI is InChI=1S/C18H18ClN5O2/c1-26-14-7-5-11(6-8-14)10-21-17-15(16(20)25)18(24-23-17)22-13-4-2-3-12(19)9-13/h2-9H,10H2,1H3,(H2,20,25)(H3,21,22,23,24). The van der Waals surface area contributed by atoms with Crippen LogP contribution in [-0.4, -0.2) is 23.2 Å². The third-order valence-electron chi connectivity index (χ3n) is 3.73. The van der Waals surface area contributed by atoms with Crippen LogP contribution in [0, 0.1) is 0 Å². The Morgan fingerprint density at radius 1 is 1.27 bits per heavy atom. The number of carbonyl (C=O) groups is 1. The highest BCUT2D eigenvalue weighted by atomic mass is 35.5. The lowest BCUT2D eigenvalue weighted by molar-refractivity contribution is 0.100. The molecule has 0 aliphatic rings. The number of nitrogens with one attached hydrogen (secondary N) is 3. The van der Waals surface area contributed by atoms with E-state index in [2.05, 4.69) is 20.8 Å². The molecular weight excluding hydrogens is 354 g/mol. The Morgan fingerprint density at radius 3 is 2.69 bits per heavy atom. The smallest absolute Gasteiger partial charge is 0.256 e. The average molecular weight is 372 g/mol. The van der Waals surface area contributed by atoms with Crippen molar-refractivity contribution in [2.75, 3.05) is 17.7 Å². The monoisotopic (exact) mass is 371 g/mol. The van der Waals surface area contributed by atoms with Gasteiger partial charge in [-0.05, 0) is 35.9 Å². The molecule has 3 aromatic rings. The number of amides is 1. The van der Waals surface area contributed by atoms with Crippen LogP contribution in [0.15, 0.2) is 48.5 Å². The van der Waals surface area contributed by atoms with E-state index in [1.165, 1.54) is 0 Å². The molecule has 0 fully saturated rings. The van der Waals surface area contributed by atoms with E-state index < -0.39 is 5.91 Å². The highest BCUT2D eigenvalue weighted by Gasteiger charge is 2.18. The van der Waals surface area contributed by atoms with Gasteiger partial charge in [0, 0.05) is 17.3 Å². The molecule has 5 N–H and O–H groups in total. The van der Waals surface area contributed by atoms with Crippen LogP contribution >= 0.6 is 11.6 Å². The normalized spacial score (nSPS) is 10.4. The molecule has 0 radical (unpaired) electrons. The lowest BCUT2D eigenvalue weighted by Gasteiger charge is -2.08. The molecule has 0 aliphatic heterocycles. The predicted octanol–water partition coefficient (Wildman–Crippen LogP) is 3.53. The number of primary amides is 1. The number of benzene rings is 2. The Bertz CT molecular complexity index is 908. The van der Waals surface area contributed by atoms with E-state index in [1.54, 1.807) is 25.3 Å². The number of hydrogen-bond donors (Lipinski definition) is 4. The third-order valence-corrected chi connectivity index (χ3v) is 3.96. The van der Waals surface area contributed by atoms with Crippen LogP contribution < -0.4 is 21.1 Å². The molecule has 1 heterocycles. The number of halogens is 1. The van der Waals surface area contributed by atoms with E-state index in [0.29, 0.717) is 28.9 Å². The molecule has 2 aromatic carbocycles. The van der Waals surface area contributed by atoms with Gasteiger partial charge in [0.05, 0.1) is 7.11 Å². The van der Waals surface area contributed by atoms with E-state index in [9.17, 15) is 4.79 Å². The lowest BCUT2D eigenvalue weighted by atomic mass is 10.2. The summed E-state index contributed by atoms with van der Waals surface area (Å²) in [5.41, 5.74) is 7.50. The molecule has 0 saturated carbocycles. The summed E-state index contributed by atoms with van der Waals surface area (Å²) >= 11 is 5.98. The summed E-state index contributed by atoms with van der Waals surface area (Å²) in [4.78, 5) is 11.9. The van der Waals surface area contributed by atoms with E-state index in [0.717, 1.165) is 11.3 Å². The number of nitrogens with zero attached hydrogens (tertiary/aromatic N) is 1. The number of ether oxygens (including phenoxy) is 1. The highest BCUT2D eigenvalue weighted by Crippen LogP contribution is 2.26. The maximum absolute atomic E-state index is 11.9. The van der Waals surface area contributed by atoms with Crippen LogP contribution in [0.5, 0.6) is 5.75 Å². The lowest BCUT2D eigenvalue weighted by Crippen LogP contribution is -2.15. The minimum absolute atomic E-state index is 0.249. The largest absolute Gasteiger partial charge is 0.497 e. The molecule has 0 saturated heterocycles. The van der Waals surface area contributed by atoms with Crippen LogP contribution in [0.3, 0.4) is 0 Å². The van der Waals surface area contributed by atoms with Gasteiger partial charge in [0.2, 0.25) is 0 Å². The average Bonchev–Trinajstić information content (AvgIpc) is 3.03. The number of methoxy groups -OCH3 is 1. The van der Waals surface area contributed by atoms with E-state index in [4.69, 9.17) is 22.1 Å². The molecule has 3 rings (SSSR count). The molecule has 0 bridgehead atoms. The van der Waals surface area contributed by atoms with Gasteiger partial charge < -0.3 is 21.1 Å². The Kier molecular flexibility index (Phi) is 5.28. The molecule has 1 amide bonds. The van der Waals surface area contributed by atoms with Crippen molar-refractivity contribution in [1.29, 1.82) is 0 Å². The number of hydrogen-bond acceptors (Lipinski definition) is 5. The topological polar surface area (TPSA) is 105 Å². The van der Waals surface area contributed by atoms with Crippen LogP contribution in [-0.2, 0) is 6.54 Å². The van der Waals surface area contributed by atoms with Gasteiger partial charge in [-0.25, -0.2) is 0 Å². The molecule has 0 spiro atoms. The van der Waals surface area contributed by atoms with Crippen LogP contribution in [0.1, 0.15) is 15.9 Å². The summed E-state index contributed by atoms with van der Waals surface area (Å²) in [6.07, 6.45) is 0. The fourth-order valence-electron chi connectivity index (χ4n) is 2.44. The zero-order chi connectivity index (χ0) is 18.5. The first kappa shape index (κ1) is 17.6. The highest BCUT2D eigenvalue weighted by molar-refractivity contribution is 6.30. The quantitative estimate of drug-likeness (QED) is 0.508. The van der Waals surface area contributed by atoms with E-state index >= 15 is 0 Å². The van der Waals surface area contributed by atoms with Crippen molar-refractivity contribution in [2.24, 2.45) is 5.73 Å². The fraction of sp³-hybridized carbons (Fsp3) is 0.111. The molecule has 0 aliphatic carbocycles. The zero-order valence-electron chi connectivity index (χ0n) is 14.0. The number of aromatic nitrogens is 2. The first-order valence-electron chi connectivity index (χ1n) is 7.84. The zero-order valence-corrected chi connectivity index (χ0v) is 14.8. The second-order valence-corrected chi connectivity index (χ2v) is 5.96. The number of rotatable bonds is 7. The summed E-state index contributed by atoms with van der Waals surface area (Å²) < 4.78 is 5.13. The Hall–Kier alpha value is -3.19. The molecule has 8 heteroatoms. The SMILES string of the molecule is COc1ccc(CNc2n[nH]c(Nc3cccc(Cl)c3)c2C(N)=O)cc1. The summed E-state index contributed by atoms with van der Waals surface area (Å²) in [7, 11) is 1.62. The first-order valence-corrected chi connectivity index (χ1v) is 8.22. The van der Waals surface area contributed by atoms with Gasteiger partial charge >= 0.3 is 0 Å². The first-order chi connectivity index (χ1) is 12.6. The van der Waals surface area contributed by atoms with Crippen LogP contribution in [0.25, 0.3) is 0 Å². The van der Waals surface area contributed by atoms with E-state index in [1.807, 2.05) is 30.3 Å². The minimum Gasteiger partial charge on any atom is -0.497 e. The number of anilines is 3. The maximum atomic E-state index is 11.9. The van der Waals surface area contributed by atoms with Crippen molar-refractivity contribution in [1.82, 2.24) is 10.2 Å². The predicted molar refractivity (Wildman–Crippen MR) is 102 cm³/mol. The van der Waals surface area contributed by atoms with E-state index in [-0.39, 0.29) is 5.56 Å². The molecular formula is C18H18ClN5O2. The van der Waals surface area contributed by atoms with Crippen LogP contribution in [0.4, 0.5) is 17.3 Å². The fourth-order valence-corrected chi connectivity index (χ4v) is 2.63. The van der Waals surface area contributed by atoms with Gasteiger partial charge in [0.15, 0.2) is 5.82 Å². The molecule has 0 atom stereocenters. The summed E-state index contributed by atoms with van der Waals surface area (Å²) in [6, 6.07) is 14.7. The van der Waals surface area contributed by atoms with Gasteiger partial charge in [-0.15, -0.1) is 0 Å². The van der Waals surface area contributed by atoms with Gasteiger partial charge in [-0.2, -0.15) is 5.10 Å². The summed E-state index contributed by atoms with van der Waals surface area (Å²) in [5, 5.41) is 13.7. The molecule has 0 unspecified atom stereocenters. The van der Waals surface area contributed by atoms with Gasteiger partial charge in [-0.1, -0.05) is 29.8 Å². The second kappa shape index (κ2) is 7.79. The minimum atomic E-state index is -0.597. The number of carbonyl (C=O) groups excluding carboxylic acids is 1. The van der Waals surface area contributed by atoms with Crippen molar-refractivity contribution in [2.45, 2.75) is 6.54 Å². The summed E-state index contributed by atoms with van der Waals surface area (Å²) in [5.74, 6) is 0.953. The Labute approximate surface area is 155 Å². The number of nitrogens with two attached hydrogens (primary N) is 1. The third kappa shape index (κ3) is 4.07. The Morgan fingerprint density at radius 2 is 2.04 bits per heavy atom. The van der Waals surface area contributed by atoms with Crippen molar-refractivity contribution in [3.05, 3.63) is 64.7 Å². The number of H-pyrrole nitrogens is 1.